The van der Waals surface area contributed by atoms with E-state index in [2.05, 4.69) is 16.0 Å². The Labute approximate surface area is 150 Å². The number of nitro benzene ring substituents is 1. The van der Waals surface area contributed by atoms with Gasteiger partial charge in [-0.25, -0.2) is 4.79 Å². The fourth-order valence-electron chi connectivity index (χ4n) is 2.36. The molecule has 3 N–H and O–H groups in total. The molecule has 0 saturated heterocycles. The highest BCUT2D eigenvalue weighted by atomic mass is 16.6. The summed E-state index contributed by atoms with van der Waals surface area (Å²) in [6.07, 6.45) is 0.219. The van der Waals surface area contributed by atoms with Gasteiger partial charge in [0.05, 0.1) is 4.92 Å². The number of hydrogen-bond acceptors (Lipinski definition) is 4. The molecule has 0 aliphatic heterocycles. The van der Waals surface area contributed by atoms with Crippen LogP contribution < -0.4 is 16.0 Å². The molecule has 0 radical (unpaired) electrons. The second-order valence-electron chi connectivity index (χ2n) is 5.61. The Morgan fingerprint density at radius 2 is 1.69 bits per heavy atom. The smallest absolute Gasteiger partial charge is 0.315 e. The average Bonchev–Trinajstić information content (AvgIpc) is 2.66. The largest absolute Gasteiger partial charge is 0.357 e. The van der Waals surface area contributed by atoms with E-state index in [-0.39, 0.29) is 18.0 Å². The van der Waals surface area contributed by atoms with Crippen molar-refractivity contribution in [3.8, 4) is 0 Å². The van der Waals surface area contributed by atoms with E-state index in [9.17, 15) is 19.7 Å². The first-order valence-electron chi connectivity index (χ1n) is 8.03. The van der Waals surface area contributed by atoms with E-state index in [1.165, 1.54) is 19.2 Å². The highest BCUT2D eigenvalue weighted by Crippen LogP contribution is 2.13. The Morgan fingerprint density at radius 1 is 1.04 bits per heavy atom. The van der Waals surface area contributed by atoms with Crippen LogP contribution in [0.15, 0.2) is 54.6 Å². The number of hydrogen-bond donors (Lipinski definition) is 3. The molecule has 8 heteroatoms. The molecule has 0 aliphatic rings. The van der Waals surface area contributed by atoms with Gasteiger partial charge in [0.2, 0.25) is 5.91 Å². The Kier molecular flexibility index (Phi) is 6.67. The van der Waals surface area contributed by atoms with Crippen molar-refractivity contribution >= 4 is 17.6 Å². The number of likely N-dealkylation sites (N-methyl/N-ethyl adjacent to an activating group) is 1. The third-order valence-electron chi connectivity index (χ3n) is 3.75. The standard InChI is InChI=1S/C18H20N4O4/c1-19-17(23)16(11-13-7-9-15(10-8-13)22(25)26)21-18(24)20-12-14-5-3-2-4-6-14/h2-10,16H,11-12H2,1H3,(H,19,23)(H2,20,21,24). The lowest BCUT2D eigenvalue weighted by Gasteiger charge is -2.18. The van der Waals surface area contributed by atoms with Crippen LogP contribution in [0.5, 0.6) is 0 Å². The normalized spacial score (nSPS) is 11.3. The zero-order chi connectivity index (χ0) is 18.9. The van der Waals surface area contributed by atoms with Crippen molar-refractivity contribution in [3.63, 3.8) is 0 Å². The number of nitro groups is 1. The predicted molar refractivity (Wildman–Crippen MR) is 96.5 cm³/mol. The lowest BCUT2D eigenvalue weighted by Crippen LogP contribution is -2.50. The second-order valence-corrected chi connectivity index (χ2v) is 5.61. The van der Waals surface area contributed by atoms with Crippen LogP contribution in [0, 0.1) is 10.1 Å². The molecule has 0 aliphatic carbocycles. The van der Waals surface area contributed by atoms with Gasteiger partial charge < -0.3 is 16.0 Å². The maximum absolute atomic E-state index is 12.1. The molecule has 0 bridgehead atoms. The minimum Gasteiger partial charge on any atom is -0.357 e. The Hall–Kier alpha value is -3.42. The van der Waals surface area contributed by atoms with Crippen LogP contribution in [0.1, 0.15) is 11.1 Å². The molecular formula is C18H20N4O4. The van der Waals surface area contributed by atoms with Gasteiger partial charge in [0.15, 0.2) is 0 Å². The molecule has 0 spiro atoms. The van der Waals surface area contributed by atoms with Gasteiger partial charge in [0, 0.05) is 32.1 Å². The molecule has 136 valence electrons. The number of rotatable bonds is 7. The van der Waals surface area contributed by atoms with Crippen LogP contribution in [-0.2, 0) is 17.8 Å². The number of amides is 3. The molecule has 0 saturated carbocycles. The van der Waals surface area contributed by atoms with Crippen LogP contribution in [0.3, 0.4) is 0 Å². The van der Waals surface area contributed by atoms with Gasteiger partial charge in [-0.1, -0.05) is 42.5 Å². The van der Waals surface area contributed by atoms with Crippen molar-refractivity contribution in [1.82, 2.24) is 16.0 Å². The third-order valence-corrected chi connectivity index (χ3v) is 3.75. The van der Waals surface area contributed by atoms with Crippen molar-refractivity contribution < 1.29 is 14.5 Å². The molecule has 2 rings (SSSR count). The molecule has 8 nitrogen and oxygen atoms in total. The maximum atomic E-state index is 12.1. The van der Waals surface area contributed by atoms with Gasteiger partial charge in [0.25, 0.3) is 5.69 Å². The molecular weight excluding hydrogens is 336 g/mol. The summed E-state index contributed by atoms with van der Waals surface area (Å²) in [5, 5.41) is 18.5. The van der Waals surface area contributed by atoms with Gasteiger partial charge in [-0.2, -0.15) is 0 Å². The fourth-order valence-corrected chi connectivity index (χ4v) is 2.36. The second kappa shape index (κ2) is 9.16. The van der Waals surface area contributed by atoms with Gasteiger partial charge in [-0.05, 0) is 11.1 Å². The summed E-state index contributed by atoms with van der Waals surface area (Å²) in [6.45, 7) is 0.338. The molecule has 3 amide bonds. The molecule has 26 heavy (non-hydrogen) atoms. The molecule has 1 unspecified atom stereocenters. The molecule has 0 fully saturated rings. The SMILES string of the molecule is CNC(=O)C(Cc1ccc([N+](=O)[O-])cc1)NC(=O)NCc1ccccc1. The van der Waals surface area contributed by atoms with Crippen LogP contribution in [0.25, 0.3) is 0 Å². The first-order chi connectivity index (χ1) is 12.5. The van der Waals surface area contributed by atoms with Crippen LogP contribution in [0.2, 0.25) is 0 Å². The average molecular weight is 356 g/mol. The Bertz CT molecular complexity index is 763. The molecule has 0 heterocycles. The number of non-ortho nitro benzene ring substituents is 1. The third kappa shape index (κ3) is 5.59. The summed E-state index contributed by atoms with van der Waals surface area (Å²) in [4.78, 5) is 34.3. The monoisotopic (exact) mass is 356 g/mol. The van der Waals surface area contributed by atoms with Crippen molar-refractivity contribution in [3.05, 3.63) is 75.8 Å². The zero-order valence-electron chi connectivity index (χ0n) is 14.3. The minimum absolute atomic E-state index is 0.0289. The van der Waals surface area contributed by atoms with E-state index < -0.39 is 17.0 Å². The summed E-state index contributed by atoms with van der Waals surface area (Å²) in [6, 6.07) is 14.0. The van der Waals surface area contributed by atoms with E-state index >= 15 is 0 Å². The summed E-state index contributed by atoms with van der Waals surface area (Å²) >= 11 is 0. The minimum atomic E-state index is -0.794. The predicted octanol–water partition coefficient (Wildman–Crippen LogP) is 1.75. The zero-order valence-corrected chi connectivity index (χ0v) is 14.3. The lowest BCUT2D eigenvalue weighted by atomic mass is 10.0. The quantitative estimate of drug-likeness (QED) is 0.518. The van der Waals surface area contributed by atoms with Gasteiger partial charge in [0.1, 0.15) is 6.04 Å². The highest BCUT2D eigenvalue weighted by molar-refractivity contribution is 5.87. The van der Waals surface area contributed by atoms with Crippen molar-refractivity contribution in [1.29, 1.82) is 0 Å². The van der Waals surface area contributed by atoms with E-state index in [1.54, 1.807) is 12.1 Å². The van der Waals surface area contributed by atoms with Gasteiger partial charge in [-0.3, -0.25) is 14.9 Å². The van der Waals surface area contributed by atoms with E-state index in [4.69, 9.17) is 0 Å². The summed E-state index contributed by atoms with van der Waals surface area (Å²) in [5.74, 6) is -0.349. The molecule has 0 aromatic heterocycles. The summed E-state index contributed by atoms with van der Waals surface area (Å²) < 4.78 is 0. The number of benzene rings is 2. The number of nitrogens with one attached hydrogen (secondary N) is 3. The Morgan fingerprint density at radius 3 is 2.27 bits per heavy atom. The maximum Gasteiger partial charge on any atom is 0.315 e. The molecule has 1 atom stereocenters. The van der Waals surface area contributed by atoms with Crippen LogP contribution in [-0.4, -0.2) is 30.0 Å². The summed E-state index contributed by atoms with van der Waals surface area (Å²) in [5.41, 5.74) is 1.61. The van der Waals surface area contributed by atoms with Crippen molar-refractivity contribution in [2.45, 2.75) is 19.0 Å². The van der Waals surface area contributed by atoms with Crippen molar-refractivity contribution in [2.24, 2.45) is 0 Å². The van der Waals surface area contributed by atoms with E-state index in [0.717, 1.165) is 5.56 Å². The van der Waals surface area contributed by atoms with Gasteiger partial charge >= 0.3 is 6.03 Å². The van der Waals surface area contributed by atoms with Crippen molar-refractivity contribution in [2.75, 3.05) is 7.05 Å². The topological polar surface area (TPSA) is 113 Å². The van der Waals surface area contributed by atoms with E-state index in [0.29, 0.717) is 12.1 Å². The number of urea groups is 1. The first-order valence-corrected chi connectivity index (χ1v) is 8.03. The lowest BCUT2D eigenvalue weighted by molar-refractivity contribution is -0.384. The van der Waals surface area contributed by atoms with Crippen LogP contribution in [0.4, 0.5) is 10.5 Å². The Balaban J connectivity index is 1.96. The van der Waals surface area contributed by atoms with E-state index in [1.807, 2.05) is 30.3 Å². The first kappa shape index (κ1) is 18.9. The number of carbonyl (C=O) groups excluding carboxylic acids is 2. The molecule has 2 aromatic carbocycles. The molecule has 2 aromatic rings. The van der Waals surface area contributed by atoms with Crippen LogP contribution >= 0.6 is 0 Å². The van der Waals surface area contributed by atoms with Gasteiger partial charge in [-0.15, -0.1) is 0 Å². The highest BCUT2D eigenvalue weighted by Gasteiger charge is 2.20. The fraction of sp³-hybridized carbons (Fsp3) is 0.222. The number of nitrogens with zero attached hydrogens (tertiary/aromatic N) is 1. The number of carbonyl (C=O) groups is 2. The summed E-state index contributed by atoms with van der Waals surface area (Å²) in [7, 11) is 1.48.